The van der Waals surface area contributed by atoms with Gasteiger partial charge in [-0.15, -0.1) is 6.58 Å². The first-order valence-electron chi connectivity index (χ1n) is 8.40. The number of rotatable bonds is 10. The molecule has 2 aromatic rings. The van der Waals surface area contributed by atoms with Crippen LogP contribution in [-0.2, 0) is 13.6 Å². The highest BCUT2D eigenvalue weighted by atomic mass is 16.2. The SMILES string of the molecule is C=CCCCCCCCCCn1c(=O)[nH]c2ncn(C)c2c1=O. The molecule has 0 aliphatic rings. The molecule has 2 aromatic heterocycles. The maximum atomic E-state index is 12.4. The van der Waals surface area contributed by atoms with Gasteiger partial charge in [-0.05, 0) is 19.3 Å². The summed E-state index contributed by atoms with van der Waals surface area (Å²) in [7, 11) is 1.76. The van der Waals surface area contributed by atoms with E-state index in [1.165, 1.54) is 30.3 Å². The van der Waals surface area contributed by atoms with Gasteiger partial charge in [0.2, 0.25) is 0 Å². The van der Waals surface area contributed by atoms with Crippen LogP contribution in [0.3, 0.4) is 0 Å². The van der Waals surface area contributed by atoms with Gasteiger partial charge < -0.3 is 4.57 Å². The second-order valence-electron chi connectivity index (χ2n) is 5.99. The highest BCUT2D eigenvalue weighted by molar-refractivity contribution is 5.68. The second-order valence-corrected chi connectivity index (χ2v) is 5.99. The number of imidazole rings is 1. The lowest BCUT2D eigenvalue weighted by molar-refractivity contribution is 0.529. The maximum absolute atomic E-state index is 12.4. The van der Waals surface area contributed by atoms with Gasteiger partial charge >= 0.3 is 5.69 Å². The minimum Gasteiger partial charge on any atom is -0.328 e. The molecule has 2 heterocycles. The molecule has 0 spiro atoms. The molecule has 23 heavy (non-hydrogen) atoms. The third kappa shape index (κ3) is 4.43. The van der Waals surface area contributed by atoms with Crippen LogP contribution in [0.15, 0.2) is 28.6 Å². The van der Waals surface area contributed by atoms with Crippen molar-refractivity contribution in [2.24, 2.45) is 7.05 Å². The van der Waals surface area contributed by atoms with E-state index in [1.54, 1.807) is 17.9 Å². The summed E-state index contributed by atoms with van der Waals surface area (Å²) < 4.78 is 2.93. The number of nitrogens with one attached hydrogen (secondary N) is 1. The van der Waals surface area contributed by atoms with Gasteiger partial charge in [0.25, 0.3) is 5.56 Å². The zero-order valence-electron chi connectivity index (χ0n) is 13.9. The molecular formula is C17H26N4O2. The number of hydrogen-bond donors (Lipinski definition) is 1. The summed E-state index contributed by atoms with van der Waals surface area (Å²) in [6, 6.07) is 0. The van der Waals surface area contributed by atoms with Crippen LogP contribution in [0.5, 0.6) is 0 Å². The average molecular weight is 318 g/mol. The number of aryl methyl sites for hydroxylation is 1. The first kappa shape index (κ1) is 17.2. The second kappa shape index (κ2) is 8.50. The fraction of sp³-hybridized carbons (Fsp3) is 0.588. The van der Waals surface area contributed by atoms with Gasteiger partial charge in [-0.1, -0.05) is 38.2 Å². The van der Waals surface area contributed by atoms with Crippen LogP contribution < -0.4 is 11.2 Å². The molecule has 0 aromatic carbocycles. The number of fused-ring (bicyclic) bond motifs is 1. The maximum Gasteiger partial charge on any atom is 0.330 e. The molecule has 0 atom stereocenters. The van der Waals surface area contributed by atoms with Crippen LogP contribution in [0.1, 0.15) is 51.4 Å². The van der Waals surface area contributed by atoms with Gasteiger partial charge in [-0.3, -0.25) is 14.3 Å². The van der Waals surface area contributed by atoms with Crippen molar-refractivity contribution in [3.63, 3.8) is 0 Å². The van der Waals surface area contributed by atoms with Crippen molar-refractivity contribution >= 4 is 11.2 Å². The van der Waals surface area contributed by atoms with Gasteiger partial charge in [0.05, 0.1) is 6.33 Å². The Morgan fingerprint density at radius 3 is 2.48 bits per heavy atom. The first-order chi connectivity index (χ1) is 11.1. The van der Waals surface area contributed by atoms with Crippen molar-refractivity contribution in [3.05, 3.63) is 39.8 Å². The summed E-state index contributed by atoms with van der Waals surface area (Å²) in [5.41, 5.74) is 0.184. The Hall–Kier alpha value is -2.11. The lowest BCUT2D eigenvalue weighted by Crippen LogP contribution is -2.35. The molecule has 0 unspecified atom stereocenters. The molecule has 126 valence electrons. The van der Waals surface area contributed by atoms with E-state index in [0.29, 0.717) is 17.7 Å². The standard InChI is InChI=1S/C17H26N4O2/c1-3-4-5-6-7-8-9-10-11-12-21-16(22)14-15(19-17(21)23)18-13-20(14)2/h3,13H,1,4-12H2,2H3,(H,19,23). The van der Waals surface area contributed by atoms with Crippen LogP contribution in [0.4, 0.5) is 0 Å². The van der Waals surface area contributed by atoms with Crippen molar-refractivity contribution in [1.82, 2.24) is 19.1 Å². The number of unbranched alkanes of at least 4 members (excludes halogenated alkanes) is 7. The van der Waals surface area contributed by atoms with Crippen molar-refractivity contribution in [1.29, 1.82) is 0 Å². The topological polar surface area (TPSA) is 72.7 Å². The molecule has 0 saturated heterocycles. The fourth-order valence-electron chi connectivity index (χ4n) is 2.81. The molecule has 6 nitrogen and oxygen atoms in total. The molecule has 0 aliphatic carbocycles. The van der Waals surface area contributed by atoms with Gasteiger partial charge in [0.1, 0.15) is 0 Å². The zero-order chi connectivity index (χ0) is 16.7. The summed E-state index contributed by atoms with van der Waals surface area (Å²) in [6.45, 7) is 4.19. The Bertz CT molecular complexity index is 754. The average Bonchev–Trinajstić information content (AvgIpc) is 2.89. The van der Waals surface area contributed by atoms with Crippen LogP contribution in [0.25, 0.3) is 11.2 Å². The Morgan fingerprint density at radius 1 is 1.13 bits per heavy atom. The molecule has 0 fully saturated rings. The zero-order valence-corrected chi connectivity index (χ0v) is 13.9. The number of H-pyrrole nitrogens is 1. The smallest absolute Gasteiger partial charge is 0.328 e. The molecular weight excluding hydrogens is 292 g/mol. The largest absolute Gasteiger partial charge is 0.330 e. The molecule has 0 bridgehead atoms. The Morgan fingerprint density at radius 2 is 1.78 bits per heavy atom. The predicted molar refractivity (Wildman–Crippen MR) is 92.7 cm³/mol. The molecule has 0 aliphatic heterocycles. The van der Waals surface area contributed by atoms with Crippen molar-refractivity contribution in [2.45, 2.75) is 57.9 Å². The lowest BCUT2D eigenvalue weighted by Gasteiger charge is -2.05. The normalized spacial score (nSPS) is 11.2. The molecule has 2 rings (SSSR count). The minimum absolute atomic E-state index is 0.256. The highest BCUT2D eigenvalue weighted by Crippen LogP contribution is 2.09. The van der Waals surface area contributed by atoms with E-state index < -0.39 is 0 Å². The van der Waals surface area contributed by atoms with E-state index in [1.807, 2.05) is 6.08 Å². The predicted octanol–water partition coefficient (Wildman–Crippen LogP) is 2.73. The number of allylic oxidation sites excluding steroid dienone is 1. The Labute approximate surface area is 135 Å². The van der Waals surface area contributed by atoms with E-state index in [4.69, 9.17) is 0 Å². The van der Waals surface area contributed by atoms with E-state index >= 15 is 0 Å². The van der Waals surface area contributed by atoms with Gasteiger partial charge in [0, 0.05) is 13.6 Å². The third-order valence-corrected chi connectivity index (χ3v) is 4.15. The Balaban J connectivity index is 1.81. The highest BCUT2D eigenvalue weighted by Gasteiger charge is 2.10. The Kier molecular flexibility index (Phi) is 6.38. The fourth-order valence-corrected chi connectivity index (χ4v) is 2.81. The number of nitrogens with zero attached hydrogens (tertiary/aromatic N) is 3. The van der Waals surface area contributed by atoms with Crippen LogP contribution in [0, 0.1) is 0 Å². The van der Waals surface area contributed by atoms with E-state index in [9.17, 15) is 9.59 Å². The van der Waals surface area contributed by atoms with E-state index in [2.05, 4.69) is 16.5 Å². The molecule has 0 radical (unpaired) electrons. The van der Waals surface area contributed by atoms with Gasteiger partial charge in [-0.2, -0.15) is 0 Å². The third-order valence-electron chi connectivity index (χ3n) is 4.15. The molecule has 0 amide bonds. The van der Waals surface area contributed by atoms with E-state index in [0.717, 1.165) is 25.7 Å². The summed E-state index contributed by atoms with van der Waals surface area (Å²) in [6.07, 6.45) is 12.6. The summed E-state index contributed by atoms with van der Waals surface area (Å²) in [5, 5.41) is 0. The lowest BCUT2D eigenvalue weighted by atomic mass is 10.1. The van der Waals surface area contributed by atoms with Crippen molar-refractivity contribution in [3.8, 4) is 0 Å². The minimum atomic E-state index is -0.370. The van der Waals surface area contributed by atoms with Crippen molar-refractivity contribution < 1.29 is 0 Å². The molecule has 0 saturated carbocycles. The quantitative estimate of drug-likeness (QED) is 0.541. The van der Waals surface area contributed by atoms with Crippen molar-refractivity contribution in [2.75, 3.05) is 0 Å². The van der Waals surface area contributed by atoms with Crippen LogP contribution in [0.2, 0.25) is 0 Å². The summed E-state index contributed by atoms with van der Waals surface area (Å²) in [5.74, 6) is 0. The van der Waals surface area contributed by atoms with E-state index in [-0.39, 0.29) is 11.2 Å². The monoisotopic (exact) mass is 318 g/mol. The summed E-state index contributed by atoms with van der Waals surface area (Å²) in [4.78, 5) is 31.0. The molecule has 6 heteroatoms. The van der Waals surface area contributed by atoms with Crippen LogP contribution >= 0.6 is 0 Å². The van der Waals surface area contributed by atoms with Gasteiger partial charge in [0.15, 0.2) is 11.2 Å². The summed E-state index contributed by atoms with van der Waals surface area (Å²) >= 11 is 0. The number of aromatic amines is 1. The van der Waals surface area contributed by atoms with Gasteiger partial charge in [-0.25, -0.2) is 9.78 Å². The first-order valence-corrected chi connectivity index (χ1v) is 8.40. The molecule has 1 N–H and O–H groups in total. The number of hydrogen-bond acceptors (Lipinski definition) is 3. The number of aromatic nitrogens is 4. The van der Waals surface area contributed by atoms with Crippen LogP contribution in [-0.4, -0.2) is 19.1 Å².